The van der Waals surface area contributed by atoms with E-state index in [4.69, 9.17) is 4.74 Å². The quantitative estimate of drug-likeness (QED) is 0.900. The Hall–Kier alpha value is -1.87. The maximum atomic E-state index is 13.9. The van der Waals surface area contributed by atoms with Crippen LogP contribution in [0.1, 0.15) is 24.2 Å². The molecule has 20 heavy (non-hydrogen) atoms. The SMILES string of the molecule is COc1ccc(CC(C)C(O)c2ccccc2)c(F)c1. The number of methoxy groups -OCH3 is 1. The number of ether oxygens (including phenoxy) is 1. The summed E-state index contributed by atoms with van der Waals surface area (Å²) in [5.74, 6) is 0.138. The Morgan fingerprint density at radius 1 is 1.15 bits per heavy atom. The predicted molar refractivity (Wildman–Crippen MR) is 77.2 cm³/mol. The number of hydrogen-bond donors (Lipinski definition) is 1. The number of benzene rings is 2. The maximum Gasteiger partial charge on any atom is 0.130 e. The zero-order chi connectivity index (χ0) is 14.5. The molecule has 0 radical (unpaired) electrons. The van der Waals surface area contributed by atoms with Gasteiger partial charge in [0.25, 0.3) is 0 Å². The summed E-state index contributed by atoms with van der Waals surface area (Å²) in [5.41, 5.74) is 1.45. The van der Waals surface area contributed by atoms with Crippen LogP contribution in [-0.4, -0.2) is 12.2 Å². The molecule has 0 bridgehead atoms. The molecule has 0 spiro atoms. The lowest BCUT2D eigenvalue weighted by atomic mass is 9.91. The second-order valence-corrected chi connectivity index (χ2v) is 4.99. The van der Waals surface area contributed by atoms with Crippen LogP contribution >= 0.6 is 0 Å². The first kappa shape index (κ1) is 14.5. The van der Waals surface area contributed by atoms with Crippen molar-refractivity contribution in [3.63, 3.8) is 0 Å². The molecular formula is C17H19FO2. The molecule has 0 amide bonds. The van der Waals surface area contributed by atoms with Crippen LogP contribution in [0.25, 0.3) is 0 Å². The molecule has 1 N–H and O–H groups in total. The van der Waals surface area contributed by atoms with Gasteiger partial charge in [0.1, 0.15) is 11.6 Å². The van der Waals surface area contributed by atoms with Crippen LogP contribution in [0.2, 0.25) is 0 Å². The van der Waals surface area contributed by atoms with Gasteiger partial charge in [-0.3, -0.25) is 0 Å². The van der Waals surface area contributed by atoms with Gasteiger partial charge in [0.15, 0.2) is 0 Å². The predicted octanol–water partition coefficient (Wildman–Crippen LogP) is 3.75. The van der Waals surface area contributed by atoms with E-state index < -0.39 is 6.10 Å². The van der Waals surface area contributed by atoms with E-state index in [1.165, 1.54) is 13.2 Å². The van der Waals surface area contributed by atoms with Crippen LogP contribution in [0, 0.1) is 11.7 Å². The number of aliphatic hydroxyl groups excluding tert-OH is 1. The smallest absolute Gasteiger partial charge is 0.130 e. The third-order valence-electron chi connectivity index (χ3n) is 3.48. The molecule has 0 fully saturated rings. The minimum Gasteiger partial charge on any atom is -0.497 e. The maximum absolute atomic E-state index is 13.9. The molecule has 0 aliphatic carbocycles. The van der Waals surface area contributed by atoms with Gasteiger partial charge in [0.05, 0.1) is 13.2 Å². The molecule has 0 heterocycles. The van der Waals surface area contributed by atoms with Crippen molar-refractivity contribution in [2.45, 2.75) is 19.4 Å². The van der Waals surface area contributed by atoms with Gasteiger partial charge in [-0.15, -0.1) is 0 Å². The van der Waals surface area contributed by atoms with E-state index in [1.54, 1.807) is 12.1 Å². The summed E-state index contributed by atoms with van der Waals surface area (Å²) in [5, 5.41) is 10.3. The molecule has 2 rings (SSSR count). The van der Waals surface area contributed by atoms with Crippen molar-refractivity contribution in [3.8, 4) is 5.75 Å². The molecule has 0 aliphatic rings. The number of aliphatic hydroxyl groups is 1. The Morgan fingerprint density at radius 3 is 2.45 bits per heavy atom. The second-order valence-electron chi connectivity index (χ2n) is 4.99. The summed E-state index contributed by atoms with van der Waals surface area (Å²) in [6.45, 7) is 1.92. The van der Waals surface area contributed by atoms with E-state index in [-0.39, 0.29) is 11.7 Å². The van der Waals surface area contributed by atoms with Crippen LogP contribution in [0.4, 0.5) is 4.39 Å². The van der Waals surface area contributed by atoms with Crippen LogP contribution < -0.4 is 4.74 Å². The van der Waals surface area contributed by atoms with Crippen molar-refractivity contribution >= 4 is 0 Å². The minimum absolute atomic E-state index is 0.0692. The van der Waals surface area contributed by atoms with Gasteiger partial charge < -0.3 is 9.84 Å². The van der Waals surface area contributed by atoms with E-state index in [0.29, 0.717) is 17.7 Å². The highest BCUT2D eigenvalue weighted by Crippen LogP contribution is 2.26. The van der Waals surface area contributed by atoms with Gasteiger partial charge in [0.2, 0.25) is 0 Å². The summed E-state index contributed by atoms with van der Waals surface area (Å²) in [6.07, 6.45) is -0.121. The van der Waals surface area contributed by atoms with E-state index >= 15 is 0 Å². The molecule has 0 aliphatic heterocycles. The molecule has 2 unspecified atom stereocenters. The summed E-state index contributed by atoms with van der Waals surface area (Å²) >= 11 is 0. The first-order valence-electron chi connectivity index (χ1n) is 6.67. The summed E-state index contributed by atoms with van der Waals surface area (Å²) in [7, 11) is 1.51. The Bertz CT molecular complexity index is 554. The average molecular weight is 274 g/mol. The molecule has 0 saturated heterocycles. The number of halogens is 1. The average Bonchev–Trinajstić information content (AvgIpc) is 2.49. The van der Waals surface area contributed by atoms with E-state index in [1.807, 2.05) is 37.3 Å². The molecule has 2 atom stereocenters. The van der Waals surface area contributed by atoms with Crippen molar-refractivity contribution in [1.82, 2.24) is 0 Å². The molecule has 2 nitrogen and oxygen atoms in total. The van der Waals surface area contributed by atoms with Gasteiger partial charge in [-0.2, -0.15) is 0 Å². The van der Waals surface area contributed by atoms with Gasteiger partial charge in [0, 0.05) is 6.07 Å². The van der Waals surface area contributed by atoms with Crippen molar-refractivity contribution in [2.24, 2.45) is 5.92 Å². The molecular weight excluding hydrogens is 255 g/mol. The Kier molecular flexibility index (Phi) is 4.74. The van der Waals surface area contributed by atoms with Crippen LogP contribution in [0.5, 0.6) is 5.75 Å². The molecule has 0 saturated carbocycles. The summed E-state index contributed by atoms with van der Waals surface area (Å²) in [6, 6.07) is 14.3. The lowest BCUT2D eigenvalue weighted by Crippen LogP contribution is -2.12. The van der Waals surface area contributed by atoms with Gasteiger partial charge in [-0.1, -0.05) is 43.3 Å². The fraction of sp³-hybridized carbons (Fsp3) is 0.294. The number of hydrogen-bond acceptors (Lipinski definition) is 2. The highest BCUT2D eigenvalue weighted by atomic mass is 19.1. The van der Waals surface area contributed by atoms with Crippen LogP contribution in [-0.2, 0) is 6.42 Å². The first-order valence-corrected chi connectivity index (χ1v) is 6.67. The largest absolute Gasteiger partial charge is 0.497 e. The van der Waals surface area contributed by atoms with Crippen molar-refractivity contribution < 1.29 is 14.2 Å². The lowest BCUT2D eigenvalue weighted by molar-refractivity contribution is 0.117. The van der Waals surface area contributed by atoms with Crippen LogP contribution in [0.15, 0.2) is 48.5 Å². The third-order valence-corrected chi connectivity index (χ3v) is 3.48. The van der Waals surface area contributed by atoms with E-state index in [2.05, 4.69) is 0 Å². The highest BCUT2D eigenvalue weighted by molar-refractivity contribution is 5.29. The summed E-state index contributed by atoms with van der Waals surface area (Å²) < 4.78 is 18.9. The fourth-order valence-corrected chi connectivity index (χ4v) is 2.26. The monoisotopic (exact) mass is 274 g/mol. The third kappa shape index (κ3) is 3.36. The van der Waals surface area contributed by atoms with Gasteiger partial charge in [-0.25, -0.2) is 4.39 Å². The fourth-order valence-electron chi connectivity index (χ4n) is 2.26. The lowest BCUT2D eigenvalue weighted by Gasteiger charge is -2.19. The molecule has 106 valence electrons. The van der Waals surface area contributed by atoms with Crippen molar-refractivity contribution in [1.29, 1.82) is 0 Å². The first-order chi connectivity index (χ1) is 9.61. The number of rotatable bonds is 5. The Morgan fingerprint density at radius 2 is 1.85 bits per heavy atom. The molecule has 0 aromatic heterocycles. The zero-order valence-corrected chi connectivity index (χ0v) is 11.7. The minimum atomic E-state index is -0.599. The molecule has 3 heteroatoms. The summed E-state index contributed by atoms with van der Waals surface area (Å²) in [4.78, 5) is 0. The topological polar surface area (TPSA) is 29.5 Å². The molecule has 2 aromatic carbocycles. The standard InChI is InChI=1S/C17H19FO2/c1-12(17(19)13-6-4-3-5-7-13)10-14-8-9-15(20-2)11-16(14)18/h3-9,11-12,17,19H,10H2,1-2H3. The van der Waals surface area contributed by atoms with Crippen molar-refractivity contribution in [3.05, 3.63) is 65.5 Å². The zero-order valence-electron chi connectivity index (χ0n) is 11.7. The van der Waals surface area contributed by atoms with Crippen LogP contribution in [0.3, 0.4) is 0 Å². The normalized spacial score (nSPS) is 13.8. The molecule has 2 aromatic rings. The highest BCUT2D eigenvalue weighted by Gasteiger charge is 2.18. The Labute approximate surface area is 118 Å². The van der Waals surface area contributed by atoms with Gasteiger partial charge in [-0.05, 0) is 29.5 Å². The van der Waals surface area contributed by atoms with Gasteiger partial charge >= 0.3 is 0 Å². The van der Waals surface area contributed by atoms with E-state index in [0.717, 1.165) is 5.56 Å². The second kappa shape index (κ2) is 6.53. The van der Waals surface area contributed by atoms with Crippen molar-refractivity contribution in [2.75, 3.05) is 7.11 Å². The Balaban J connectivity index is 2.09. The van der Waals surface area contributed by atoms with E-state index in [9.17, 15) is 9.50 Å².